The van der Waals surface area contributed by atoms with Gasteiger partial charge in [0.05, 0.1) is 0 Å². The third kappa shape index (κ3) is 2.34. The van der Waals surface area contributed by atoms with E-state index in [9.17, 15) is 5.11 Å². The van der Waals surface area contributed by atoms with E-state index in [1.165, 1.54) is 5.30 Å². The summed E-state index contributed by atoms with van der Waals surface area (Å²) in [6, 6.07) is 5.80. The number of hydrogen-bond donors (Lipinski definition) is 1. The number of rotatable bonds is 1. The van der Waals surface area contributed by atoms with Crippen LogP contribution in [0.2, 0.25) is 0 Å². The molecule has 0 aliphatic rings. The van der Waals surface area contributed by atoms with Crippen LogP contribution in [0.15, 0.2) is 18.2 Å². The second-order valence-electron chi connectivity index (χ2n) is 2.45. The first kappa shape index (κ1) is 9.33. The highest BCUT2D eigenvalue weighted by molar-refractivity contribution is 14.2. The van der Waals surface area contributed by atoms with Gasteiger partial charge in [-0.1, -0.05) is 33.5 Å². The minimum atomic E-state index is -0.0653. The van der Waals surface area contributed by atoms with Crippen molar-refractivity contribution >= 4 is 40.4 Å². The molecule has 0 aliphatic carbocycles. The van der Waals surface area contributed by atoms with Crippen LogP contribution in [0.4, 0.5) is 0 Å². The molecule has 11 heavy (non-hydrogen) atoms. The molecule has 1 nitrogen and oxygen atoms in total. The Labute approximate surface area is 81.8 Å². The van der Waals surface area contributed by atoms with E-state index in [1.807, 2.05) is 19.1 Å². The highest BCUT2D eigenvalue weighted by atomic mass is 127. The van der Waals surface area contributed by atoms with Crippen LogP contribution in [-0.2, 0) is 0 Å². The molecule has 0 bridgehead atoms. The molecule has 1 aromatic rings. The average molecular weight is 278 g/mol. The van der Waals surface area contributed by atoms with Crippen LogP contribution in [-0.4, -0.2) is 12.7 Å². The smallest absolute Gasteiger partial charge is 0.152 e. The van der Waals surface area contributed by atoms with Gasteiger partial charge in [-0.3, -0.25) is 0 Å². The van der Waals surface area contributed by atoms with E-state index >= 15 is 0 Å². The van der Waals surface area contributed by atoms with Gasteiger partial charge in [-0.25, -0.2) is 0 Å². The Hall–Kier alpha value is 0.245. The molecule has 1 atom stereocenters. The lowest BCUT2D eigenvalue weighted by atomic mass is 10.2. The molecule has 0 saturated heterocycles. The molecule has 58 valence electrons. The van der Waals surface area contributed by atoms with Gasteiger partial charge in [0.15, 0.2) is 7.57 Å². The average Bonchev–Trinajstić information content (AvgIpc) is 1.94. The first-order chi connectivity index (χ1) is 5.11. The van der Waals surface area contributed by atoms with Crippen molar-refractivity contribution in [2.24, 2.45) is 0 Å². The zero-order chi connectivity index (χ0) is 8.43. The Bertz CT molecular complexity index is 265. The Morgan fingerprint density at radius 2 is 2.18 bits per heavy atom. The number of benzene rings is 1. The van der Waals surface area contributed by atoms with Crippen LogP contribution >= 0.6 is 27.5 Å². The Kier molecular flexibility index (Phi) is 3.20. The van der Waals surface area contributed by atoms with Crippen molar-refractivity contribution in [2.75, 3.05) is 0 Å². The standard InChI is InChI=1S/C7H9BIOP/c1-5-4-6(11(8)9)2-3-7(5)10/h2-4,10H,8H2,1H3. The normalized spacial score (nSPS) is 12.9. The van der Waals surface area contributed by atoms with Gasteiger partial charge < -0.3 is 5.11 Å². The summed E-state index contributed by atoms with van der Waals surface area (Å²) in [5.41, 5.74) is 0.901. The summed E-state index contributed by atoms with van der Waals surface area (Å²) >= 11 is 2.42. The van der Waals surface area contributed by atoms with Gasteiger partial charge in [-0.2, -0.15) is 0 Å². The number of phenols is 1. The van der Waals surface area contributed by atoms with Crippen LogP contribution in [0.3, 0.4) is 0 Å². The lowest BCUT2D eigenvalue weighted by Gasteiger charge is -2.05. The summed E-state index contributed by atoms with van der Waals surface area (Å²) < 4.78 is 0. The summed E-state index contributed by atoms with van der Waals surface area (Å²) in [6.45, 7) is 1.92. The fourth-order valence-electron chi connectivity index (χ4n) is 0.831. The van der Waals surface area contributed by atoms with Crippen LogP contribution in [0.5, 0.6) is 5.75 Å². The molecule has 1 N–H and O–H groups in total. The van der Waals surface area contributed by atoms with Crippen molar-refractivity contribution in [2.45, 2.75) is 6.92 Å². The van der Waals surface area contributed by atoms with Crippen LogP contribution in [0, 0.1) is 6.92 Å². The zero-order valence-electron chi connectivity index (χ0n) is 6.50. The molecule has 0 amide bonds. The third-order valence-electron chi connectivity index (χ3n) is 1.54. The number of hydrogen-bond acceptors (Lipinski definition) is 1. The summed E-state index contributed by atoms with van der Waals surface area (Å²) in [7, 11) is 2.20. The van der Waals surface area contributed by atoms with Crippen molar-refractivity contribution in [3.8, 4) is 5.75 Å². The predicted molar refractivity (Wildman–Crippen MR) is 62.0 cm³/mol. The molecule has 0 aromatic heterocycles. The van der Waals surface area contributed by atoms with Gasteiger partial charge in [0, 0.05) is 0 Å². The molecule has 0 spiro atoms. The quantitative estimate of drug-likeness (QED) is 0.471. The maximum Gasteiger partial charge on any atom is 0.152 e. The van der Waals surface area contributed by atoms with Crippen molar-refractivity contribution in [3.63, 3.8) is 0 Å². The molecule has 0 heterocycles. The van der Waals surface area contributed by atoms with Gasteiger partial charge in [0.2, 0.25) is 0 Å². The van der Waals surface area contributed by atoms with Gasteiger partial charge >= 0.3 is 0 Å². The van der Waals surface area contributed by atoms with E-state index in [-0.39, 0.29) is 5.44 Å². The van der Waals surface area contributed by atoms with Gasteiger partial charge in [-0.15, -0.1) is 0 Å². The van der Waals surface area contributed by atoms with E-state index in [0.29, 0.717) is 5.75 Å². The van der Waals surface area contributed by atoms with E-state index in [1.54, 1.807) is 6.07 Å². The number of aryl methyl sites for hydroxylation is 1. The summed E-state index contributed by atoms with van der Waals surface area (Å²) in [4.78, 5) is 0. The molecule has 1 unspecified atom stereocenters. The second-order valence-corrected chi connectivity index (χ2v) is 8.26. The number of aromatic hydroxyl groups is 1. The first-order valence-corrected chi connectivity index (χ1v) is 7.88. The Balaban J connectivity index is 3.05. The number of halogens is 1. The fraction of sp³-hybridized carbons (Fsp3) is 0.143. The van der Waals surface area contributed by atoms with E-state index in [2.05, 4.69) is 29.6 Å². The molecule has 4 heteroatoms. The molecule has 0 saturated carbocycles. The maximum absolute atomic E-state index is 9.23. The Morgan fingerprint density at radius 3 is 2.64 bits per heavy atom. The zero-order valence-corrected chi connectivity index (χ0v) is 9.56. The maximum atomic E-state index is 9.23. The summed E-state index contributed by atoms with van der Waals surface area (Å²) in [6.07, 6.45) is 0. The van der Waals surface area contributed by atoms with E-state index in [0.717, 1.165) is 5.56 Å². The van der Waals surface area contributed by atoms with Crippen molar-refractivity contribution in [1.29, 1.82) is 0 Å². The highest BCUT2D eigenvalue weighted by Gasteiger charge is 2.01. The molecular formula is C7H9BIOP. The van der Waals surface area contributed by atoms with Gasteiger partial charge in [0.1, 0.15) is 5.75 Å². The second kappa shape index (κ2) is 3.77. The largest absolute Gasteiger partial charge is 0.508 e. The van der Waals surface area contributed by atoms with Crippen molar-refractivity contribution < 1.29 is 5.11 Å². The highest BCUT2D eigenvalue weighted by Crippen LogP contribution is 2.38. The van der Waals surface area contributed by atoms with Crippen LogP contribution in [0.1, 0.15) is 5.56 Å². The van der Waals surface area contributed by atoms with Gasteiger partial charge in [0.25, 0.3) is 0 Å². The lowest BCUT2D eigenvalue weighted by Crippen LogP contribution is -1.96. The lowest BCUT2D eigenvalue weighted by molar-refractivity contribution is 0.471. The molecule has 0 fully saturated rings. The molecule has 0 radical (unpaired) electrons. The van der Waals surface area contributed by atoms with Crippen LogP contribution < -0.4 is 5.30 Å². The van der Waals surface area contributed by atoms with Crippen molar-refractivity contribution in [3.05, 3.63) is 23.8 Å². The minimum absolute atomic E-state index is 0.0653. The first-order valence-electron chi connectivity index (χ1n) is 3.30. The van der Waals surface area contributed by atoms with Crippen LogP contribution in [0.25, 0.3) is 0 Å². The van der Waals surface area contributed by atoms with Gasteiger partial charge in [-0.05, 0) is 29.9 Å². The summed E-state index contributed by atoms with van der Waals surface area (Å²) in [5.74, 6) is 0.391. The van der Waals surface area contributed by atoms with E-state index < -0.39 is 0 Å². The predicted octanol–water partition coefficient (Wildman–Crippen LogP) is 1.71. The SMILES string of the molecule is BP(I)c1ccc(O)c(C)c1. The Morgan fingerprint density at radius 1 is 1.55 bits per heavy atom. The molecule has 1 rings (SSSR count). The van der Waals surface area contributed by atoms with E-state index in [4.69, 9.17) is 0 Å². The molecule has 1 aromatic carbocycles. The third-order valence-corrected chi connectivity index (χ3v) is 4.20. The molecule has 0 aliphatic heterocycles. The minimum Gasteiger partial charge on any atom is -0.508 e. The molecular weight excluding hydrogens is 269 g/mol. The summed E-state index contributed by atoms with van der Waals surface area (Å²) in [5, 5.41) is 10.6. The fourth-order valence-corrected chi connectivity index (χ4v) is 2.38. The van der Waals surface area contributed by atoms with Crippen molar-refractivity contribution in [1.82, 2.24) is 0 Å². The monoisotopic (exact) mass is 278 g/mol. The topological polar surface area (TPSA) is 20.2 Å². The number of phenolic OH excluding ortho intramolecular Hbond substituents is 1.